The van der Waals surface area contributed by atoms with E-state index in [2.05, 4.69) is 9.97 Å². The number of aryl methyl sites for hydroxylation is 1. The first-order valence-electron chi connectivity index (χ1n) is 6.42. The number of nitrogens with zero attached hydrogens (tertiary/aromatic N) is 2. The normalized spacial score (nSPS) is 10.8. The van der Waals surface area contributed by atoms with Gasteiger partial charge in [-0.2, -0.15) is 0 Å². The van der Waals surface area contributed by atoms with E-state index in [-0.39, 0.29) is 10.9 Å². The molecule has 1 aromatic heterocycles. The summed E-state index contributed by atoms with van der Waals surface area (Å²) in [6, 6.07) is 6.31. The summed E-state index contributed by atoms with van der Waals surface area (Å²) >= 11 is 1.22. The molecule has 0 amide bonds. The predicted octanol–water partition coefficient (Wildman–Crippen LogP) is 3.84. The lowest BCUT2D eigenvalue weighted by atomic mass is 10.1. The molecule has 0 spiro atoms. The summed E-state index contributed by atoms with van der Waals surface area (Å²) in [5, 5.41) is 0.272. The molecule has 1 aromatic carbocycles. The molecule has 2 rings (SSSR count). The maximum atomic E-state index is 12.7. The largest absolute Gasteiger partial charge is 0.496 e. The summed E-state index contributed by atoms with van der Waals surface area (Å²) in [7, 11) is 1.53. The molecule has 0 N–H and O–H groups in total. The summed E-state index contributed by atoms with van der Waals surface area (Å²) in [5.41, 5.74) is 1.50. The van der Waals surface area contributed by atoms with E-state index in [1.165, 1.54) is 24.9 Å². The standard InChI is InChI=1S/C15H14F2N2O2S/c1-9-5-12(14(16)17)19-15(18-9)22-8-11-6-10(7-20)3-4-13(11)21-2/h3-7,14H,8H2,1-2H3. The average molecular weight is 324 g/mol. The molecule has 0 saturated heterocycles. The van der Waals surface area contributed by atoms with Gasteiger partial charge in [0, 0.05) is 22.6 Å². The number of rotatable bonds is 6. The number of alkyl halides is 2. The quantitative estimate of drug-likeness (QED) is 0.459. The fraction of sp³-hybridized carbons (Fsp3) is 0.267. The van der Waals surface area contributed by atoms with Crippen LogP contribution < -0.4 is 4.74 Å². The van der Waals surface area contributed by atoms with Gasteiger partial charge >= 0.3 is 0 Å². The third-order valence-corrected chi connectivity index (χ3v) is 3.77. The third-order valence-electron chi connectivity index (χ3n) is 2.87. The van der Waals surface area contributed by atoms with E-state index >= 15 is 0 Å². The average Bonchev–Trinajstić information content (AvgIpc) is 2.52. The van der Waals surface area contributed by atoms with E-state index in [1.54, 1.807) is 25.1 Å². The van der Waals surface area contributed by atoms with E-state index in [9.17, 15) is 13.6 Å². The lowest BCUT2D eigenvalue weighted by Crippen LogP contribution is -1.98. The fourth-order valence-corrected chi connectivity index (χ4v) is 2.76. The van der Waals surface area contributed by atoms with Gasteiger partial charge in [0.2, 0.25) is 0 Å². The van der Waals surface area contributed by atoms with Gasteiger partial charge in [-0.1, -0.05) is 11.8 Å². The molecule has 7 heteroatoms. The minimum Gasteiger partial charge on any atom is -0.496 e. The summed E-state index contributed by atoms with van der Waals surface area (Å²) in [4.78, 5) is 18.8. The smallest absolute Gasteiger partial charge is 0.280 e. The summed E-state index contributed by atoms with van der Waals surface area (Å²) < 4.78 is 30.7. The van der Waals surface area contributed by atoms with Crippen LogP contribution in [0.5, 0.6) is 5.75 Å². The van der Waals surface area contributed by atoms with E-state index in [4.69, 9.17) is 4.74 Å². The van der Waals surface area contributed by atoms with Crippen molar-refractivity contribution in [2.45, 2.75) is 24.3 Å². The fourth-order valence-electron chi connectivity index (χ4n) is 1.87. The van der Waals surface area contributed by atoms with Crippen molar-refractivity contribution in [3.05, 3.63) is 46.8 Å². The van der Waals surface area contributed by atoms with E-state index in [1.807, 2.05) is 0 Å². The number of methoxy groups -OCH3 is 1. The second-order valence-corrected chi connectivity index (χ2v) is 5.44. The summed E-state index contributed by atoms with van der Waals surface area (Å²) in [6.07, 6.45) is -1.89. The van der Waals surface area contributed by atoms with Crippen LogP contribution in [-0.4, -0.2) is 23.4 Å². The van der Waals surface area contributed by atoms with Gasteiger partial charge in [0.1, 0.15) is 17.7 Å². The lowest BCUT2D eigenvalue weighted by molar-refractivity contribution is 0.112. The molecule has 0 saturated carbocycles. The Labute approximate surface area is 130 Å². The molecule has 0 aliphatic heterocycles. The minimum atomic E-state index is -2.63. The maximum Gasteiger partial charge on any atom is 0.280 e. The zero-order valence-electron chi connectivity index (χ0n) is 12.0. The molecule has 1 heterocycles. The number of ether oxygens (including phenoxy) is 1. The number of aromatic nitrogens is 2. The number of hydrogen-bond acceptors (Lipinski definition) is 5. The van der Waals surface area contributed by atoms with Crippen molar-refractivity contribution < 1.29 is 18.3 Å². The van der Waals surface area contributed by atoms with Crippen molar-refractivity contribution in [3.8, 4) is 5.75 Å². The zero-order valence-corrected chi connectivity index (χ0v) is 12.9. The number of benzene rings is 1. The Morgan fingerprint density at radius 3 is 2.73 bits per heavy atom. The van der Waals surface area contributed by atoms with Crippen molar-refractivity contribution in [3.63, 3.8) is 0 Å². The lowest BCUT2D eigenvalue weighted by Gasteiger charge is -2.09. The Bertz CT molecular complexity index is 681. The predicted molar refractivity (Wildman–Crippen MR) is 79.7 cm³/mol. The number of thioether (sulfide) groups is 1. The zero-order chi connectivity index (χ0) is 16.1. The number of carbonyl (C=O) groups is 1. The van der Waals surface area contributed by atoms with Crippen molar-refractivity contribution in [2.24, 2.45) is 0 Å². The Morgan fingerprint density at radius 2 is 2.09 bits per heavy atom. The maximum absolute atomic E-state index is 12.7. The molecular weight excluding hydrogens is 310 g/mol. The molecule has 0 bridgehead atoms. The highest BCUT2D eigenvalue weighted by Gasteiger charge is 2.13. The Hall–Kier alpha value is -2.02. The number of halogens is 2. The van der Waals surface area contributed by atoms with Gasteiger partial charge in [0.15, 0.2) is 5.16 Å². The molecular formula is C15H14F2N2O2S. The van der Waals surface area contributed by atoms with Crippen LogP contribution >= 0.6 is 11.8 Å². The third kappa shape index (κ3) is 4.00. The molecule has 22 heavy (non-hydrogen) atoms. The SMILES string of the molecule is COc1ccc(C=O)cc1CSc1nc(C)cc(C(F)F)n1. The van der Waals surface area contributed by atoms with Gasteiger partial charge in [0.05, 0.1) is 7.11 Å². The van der Waals surface area contributed by atoms with Crippen molar-refractivity contribution >= 4 is 18.0 Å². The summed E-state index contributed by atoms with van der Waals surface area (Å²) in [6.45, 7) is 1.64. The van der Waals surface area contributed by atoms with Crippen molar-refractivity contribution in [2.75, 3.05) is 7.11 Å². The highest BCUT2D eigenvalue weighted by molar-refractivity contribution is 7.98. The molecule has 2 aromatic rings. The van der Waals surface area contributed by atoms with Crippen LogP contribution in [0.1, 0.15) is 33.7 Å². The van der Waals surface area contributed by atoms with E-state index in [0.29, 0.717) is 22.8 Å². The molecule has 0 aliphatic carbocycles. The van der Waals surface area contributed by atoms with E-state index < -0.39 is 6.43 Å². The van der Waals surface area contributed by atoms with Crippen LogP contribution in [0.2, 0.25) is 0 Å². The van der Waals surface area contributed by atoms with Gasteiger partial charge in [0.25, 0.3) is 6.43 Å². The monoisotopic (exact) mass is 324 g/mol. The van der Waals surface area contributed by atoms with Gasteiger partial charge in [-0.25, -0.2) is 18.7 Å². The molecule has 0 fully saturated rings. The van der Waals surface area contributed by atoms with Gasteiger partial charge in [-0.05, 0) is 31.2 Å². The Morgan fingerprint density at radius 1 is 1.32 bits per heavy atom. The first-order chi connectivity index (χ1) is 10.5. The molecule has 0 unspecified atom stereocenters. The molecule has 116 valence electrons. The molecule has 0 aliphatic rings. The second kappa shape index (κ2) is 7.31. The topological polar surface area (TPSA) is 52.1 Å². The number of aldehydes is 1. The first-order valence-corrected chi connectivity index (χ1v) is 7.40. The highest BCUT2D eigenvalue weighted by Crippen LogP contribution is 2.28. The van der Waals surface area contributed by atoms with Gasteiger partial charge in [-0.15, -0.1) is 0 Å². The first kappa shape index (κ1) is 16.4. The highest BCUT2D eigenvalue weighted by atomic mass is 32.2. The van der Waals surface area contributed by atoms with Gasteiger partial charge < -0.3 is 4.74 Å². The minimum absolute atomic E-state index is 0.272. The van der Waals surface area contributed by atoms with Crippen LogP contribution in [0.3, 0.4) is 0 Å². The second-order valence-electron chi connectivity index (χ2n) is 4.50. The summed E-state index contributed by atoms with van der Waals surface area (Å²) in [5.74, 6) is 1.04. The molecule has 0 radical (unpaired) electrons. The number of hydrogen-bond donors (Lipinski definition) is 0. The molecule has 4 nitrogen and oxygen atoms in total. The van der Waals surface area contributed by atoms with Crippen LogP contribution in [0.25, 0.3) is 0 Å². The van der Waals surface area contributed by atoms with Crippen LogP contribution in [0.4, 0.5) is 8.78 Å². The van der Waals surface area contributed by atoms with Crippen LogP contribution in [-0.2, 0) is 5.75 Å². The van der Waals surface area contributed by atoms with Crippen molar-refractivity contribution in [1.29, 1.82) is 0 Å². The van der Waals surface area contributed by atoms with Gasteiger partial charge in [-0.3, -0.25) is 4.79 Å². The van der Waals surface area contributed by atoms with E-state index in [0.717, 1.165) is 11.8 Å². The molecule has 0 atom stereocenters. The van der Waals surface area contributed by atoms with Crippen LogP contribution in [0.15, 0.2) is 29.4 Å². The Kier molecular flexibility index (Phi) is 5.43. The Balaban J connectivity index is 2.21. The number of carbonyl (C=O) groups excluding carboxylic acids is 1. The van der Waals surface area contributed by atoms with Crippen molar-refractivity contribution in [1.82, 2.24) is 9.97 Å². The van der Waals surface area contributed by atoms with Crippen LogP contribution in [0, 0.1) is 6.92 Å².